The summed E-state index contributed by atoms with van der Waals surface area (Å²) in [5.74, 6) is 0.491. The molecule has 4 nitrogen and oxygen atoms in total. The maximum absolute atomic E-state index is 13.6. The molecule has 2 heterocycles. The molecule has 5 heteroatoms. The summed E-state index contributed by atoms with van der Waals surface area (Å²) in [4.78, 5) is 2.13. The number of nitrogens with two attached hydrogens (primary N) is 1. The molecular weight excluding hydrogens is 259 g/mol. The lowest BCUT2D eigenvalue weighted by atomic mass is 10.1. The van der Waals surface area contributed by atoms with Crippen LogP contribution in [0.4, 0.5) is 10.1 Å². The van der Waals surface area contributed by atoms with E-state index < -0.39 is 0 Å². The van der Waals surface area contributed by atoms with Gasteiger partial charge < -0.3 is 20.1 Å². The Morgan fingerprint density at radius 1 is 1.35 bits per heavy atom. The fraction of sp³-hybridized carbons (Fsp3) is 0.600. The second kappa shape index (κ2) is 5.97. The van der Waals surface area contributed by atoms with Crippen LogP contribution in [0.25, 0.3) is 0 Å². The highest BCUT2D eigenvalue weighted by molar-refractivity contribution is 5.59. The Balaban J connectivity index is 1.81. The van der Waals surface area contributed by atoms with Gasteiger partial charge in [-0.1, -0.05) is 0 Å². The van der Waals surface area contributed by atoms with Gasteiger partial charge in [-0.2, -0.15) is 0 Å². The van der Waals surface area contributed by atoms with E-state index in [1.54, 1.807) is 12.1 Å². The van der Waals surface area contributed by atoms with Crippen molar-refractivity contribution < 1.29 is 13.9 Å². The zero-order chi connectivity index (χ0) is 13.9. The quantitative estimate of drug-likeness (QED) is 0.919. The van der Waals surface area contributed by atoms with Gasteiger partial charge >= 0.3 is 0 Å². The Morgan fingerprint density at radius 2 is 2.25 bits per heavy atom. The summed E-state index contributed by atoms with van der Waals surface area (Å²) in [7, 11) is 0. The summed E-state index contributed by atoms with van der Waals surface area (Å²) in [5.41, 5.74) is 6.83. The third-order valence-electron chi connectivity index (χ3n) is 3.90. The van der Waals surface area contributed by atoms with E-state index in [0.717, 1.165) is 50.4 Å². The van der Waals surface area contributed by atoms with Crippen LogP contribution in [0.1, 0.15) is 19.3 Å². The fourth-order valence-electron chi connectivity index (χ4n) is 2.85. The third kappa shape index (κ3) is 3.04. The molecule has 2 saturated heterocycles. The molecule has 20 heavy (non-hydrogen) atoms. The monoisotopic (exact) mass is 280 g/mol. The topological polar surface area (TPSA) is 47.7 Å². The minimum Gasteiger partial charge on any atom is -0.486 e. The summed E-state index contributed by atoms with van der Waals surface area (Å²) < 4.78 is 24.9. The summed E-state index contributed by atoms with van der Waals surface area (Å²) in [6.07, 6.45) is 3.01. The van der Waals surface area contributed by atoms with Gasteiger partial charge in [0.1, 0.15) is 17.7 Å². The highest BCUT2D eigenvalue weighted by atomic mass is 19.1. The molecule has 2 N–H and O–H groups in total. The minimum absolute atomic E-state index is 0.0673. The predicted molar refractivity (Wildman–Crippen MR) is 75.7 cm³/mol. The Bertz CT molecular complexity index is 463. The molecule has 2 fully saturated rings. The van der Waals surface area contributed by atoms with Crippen molar-refractivity contribution >= 4 is 5.69 Å². The standard InChI is InChI=1S/C15H21FN2O2/c16-11-3-4-15(20-13-5-7-19-10-13)14(8-11)18-6-1-2-12(17)9-18/h3-4,8,12-13H,1-2,5-7,9-10,17H2. The predicted octanol–water partition coefficient (Wildman–Crippen LogP) is 1.92. The first-order valence-electron chi connectivity index (χ1n) is 7.27. The second-order valence-corrected chi connectivity index (χ2v) is 5.56. The van der Waals surface area contributed by atoms with E-state index in [0.29, 0.717) is 6.61 Å². The molecule has 2 aliphatic rings. The number of anilines is 1. The fourth-order valence-corrected chi connectivity index (χ4v) is 2.85. The van der Waals surface area contributed by atoms with Gasteiger partial charge in [-0.25, -0.2) is 4.39 Å². The molecule has 0 spiro atoms. The number of rotatable bonds is 3. The number of piperidine rings is 1. The molecule has 0 radical (unpaired) electrons. The first kappa shape index (κ1) is 13.6. The molecule has 0 saturated carbocycles. The summed E-state index contributed by atoms with van der Waals surface area (Å²) in [6, 6.07) is 4.85. The van der Waals surface area contributed by atoms with Crippen LogP contribution < -0.4 is 15.4 Å². The van der Waals surface area contributed by atoms with E-state index in [4.69, 9.17) is 15.2 Å². The Kier molecular flexibility index (Phi) is 4.08. The van der Waals surface area contributed by atoms with Gasteiger partial charge in [0.25, 0.3) is 0 Å². The molecular formula is C15H21FN2O2. The highest BCUT2D eigenvalue weighted by Gasteiger charge is 2.23. The van der Waals surface area contributed by atoms with Crippen LogP contribution in [0.3, 0.4) is 0 Å². The SMILES string of the molecule is NC1CCCN(c2cc(F)ccc2OC2CCOC2)C1. The maximum atomic E-state index is 13.6. The average Bonchev–Trinajstić information content (AvgIpc) is 2.94. The van der Waals surface area contributed by atoms with Crippen molar-refractivity contribution in [1.82, 2.24) is 0 Å². The summed E-state index contributed by atoms with van der Waals surface area (Å²) in [5, 5.41) is 0. The molecule has 3 rings (SSSR count). The number of benzene rings is 1. The van der Waals surface area contributed by atoms with Gasteiger partial charge in [0.2, 0.25) is 0 Å². The van der Waals surface area contributed by atoms with Crippen LogP contribution in [0.2, 0.25) is 0 Å². The lowest BCUT2D eigenvalue weighted by Gasteiger charge is -2.34. The molecule has 1 aromatic carbocycles. The van der Waals surface area contributed by atoms with Crippen LogP contribution in [-0.4, -0.2) is 38.4 Å². The van der Waals surface area contributed by atoms with E-state index in [1.165, 1.54) is 6.07 Å². The van der Waals surface area contributed by atoms with Crippen LogP contribution in [0.15, 0.2) is 18.2 Å². The molecule has 0 aromatic heterocycles. The molecule has 110 valence electrons. The number of hydrogen-bond donors (Lipinski definition) is 1. The molecule has 2 aliphatic heterocycles. The molecule has 1 aromatic rings. The van der Waals surface area contributed by atoms with Crippen molar-refractivity contribution in [2.45, 2.75) is 31.4 Å². The third-order valence-corrected chi connectivity index (χ3v) is 3.90. The van der Waals surface area contributed by atoms with Crippen molar-refractivity contribution in [3.8, 4) is 5.75 Å². The van der Waals surface area contributed by atoms with Gasteiger partial charge in [0.15, 0.2) is 0 Å². The van der Waals surface area contributed by atoms with Gasteiger partial charge in [-0.05, 0) is 25.0 Å². The van der Waals surface area contributed by atoms with Crippen LogP contribution >= 0.6 is 0 Å². The van der Waals surface area contributed by atoms with Crippen molar-refractivity contribution in [3.05, 3.63) is 24.0 Å². The lowest BCUT2D eigenvalue weighted by Crippen LogP contribution is -2.43. The number of halogens is 1. The van der Waals surface area contributed by atoms with Gasteiger partial charge in [-0.15, -0.1) is 0 Å². The van der Waals surface area contributed by atoms with Crippen molar-refractivity contribution in [2.75, 3.05) is 31.2 Å². The number of ether oxygens (including phenoxy) is 2. The van der Waals surface area contributed by atoms with E-state index in [1.807, 2.05) is 0 Å². The van der Waals surface area contributed by atoms with Gasteiger partial charge in [-0.3, -0.25) is 0 Å². The van der Waals surface area contributed by atoms with Crippen LogP contribution in [-0.2, 0) is 4.74 Å². The molecule has 2 atom stereocenters. The van der Waals surface area contributed by atoms with E-state index in [-0.39, 0.29) is 18.0 Å². The van der Waals surface area contributed by atoms with Crippen LogP contribution in [0.5, 0.6) is 5.75 Å². The molecule has 0 bridgehead atoms. The van der Waals surface area contributed by atoms with E-state index in [2.05, 4.69) is 4.90 Å². The first-order valence-corrected chi connectivity index (χ1v) is 7.27. The Labute approximate surface area is 118 Å². The van der Waals surface area contributed by atoms with E-state index >= 15 is 0 Å². The molecule has 2 unspecified atom stereocenters. The molecule has 0 aliphatic carbocycles. The van der Waals surface area contributed by atoms with Crippen molar-refractivity contribution in [2.24, 2.45) is 5.73 Å². The maximum Gasteiger partial charge on any atom is 0.143 e. The number of nitrogens with zero attached hydrogens (tertiary/aromatic N) is 1. The average molecular weight is 280 g/mol. The van der Waals surface area contributed by atoms with Gasteiger partial charge in [0.05, 0.1) is 18.9 Å². The Hall–Kier alpha value is -1.33. The molecule has 0 amide bonds. The zero-order valence-electron chi connectivity index (χ0n) is 11.6. The largest absolute Gasteiger partial charge is 0.486 e. The smallest absolute Gasteiger partial charge is 0.143 e. The summed E-state index contributed by atoms with van der Waals surface area (Å²) >= 11 is 0. The van der Waals surface area contributed by atoms with Crippen LogP contribution in [0, 0.1) is 5.82 Å². The zero-order valence-corrected chi connectivity index (χ0v) is 11.6. The Morgan fingerprint density at radius 3 is 3.00 bits per heavy atom. The van der Waals surface area contributed by atoms with Crippen molar-refractivity contribution in [1.29, 1.82) is 0 Å². The van der Waals surface area contributed by atoms with Gasteiger partial charge in [0, 0.05) is 31.6 Å². The van der Waals surface area contributed by atoms with Crippen molar-refractivity contribution in [3.63, 3.8) is 0 Å². The summed E-state index contributed by atoms with van der Waals surface area (Å²) in [6.45, 7) is 2.99. The number of hydrogen-bond acceptors (Lipinski definition) is 4. The first-order chi connectivity index (χ1) is 9.72. The lowest BCUT2D eigenvalue weighted by molar-refractivity contribution is 0.141. The second-order valence-electron chi connectivity index (χ2n) is 5.56. The minimum atomic E-state index is -0.242. The normalized spacial score (nSPS) is 26.8. The van der Waals surface area contributed by atoms with E-state index in [9.17, 15) is 4.39 Å². The highest BCUT2D eigenvalue weighted by Crippen LogP contribution is 2.32.